The van der Waals surface area contributed by atoms with Crippen LogP contribution < -0.4 is 4.74 Å². The largest absolute Gasteiger partial charge is 0.473 e. The van der Waals surface area contributed by atoms with Gasteiger partial charge in [-0.05, 0) is 36.2 Å². The van der Waals surface area contributed by atoms with Crippen molar-refractivity contribution in [2.75, 3.05) is 20.3 Å². The summed E-state index contributed by atoms with van der Waals surface area (Å²) in [7, 11) is -0.468. The second-order valence-corrected chi connectivity index (χ2v) is 11.2. The van der Waals surface area contributed by atoms with Crippen LogP contribution in [0.3, 0.4) is 0 Å². The molecule has 0 saturated heterocycles. The van der Waals surface area contributed by atoms with Gasteiger partial charge in [-0.3, -0.25) is 4.99 Å². The van der Waals surface area contributed by atoms with Gasteiger partial charge >= 0.3 is 0 Å². The van der Waals surface area contributed by atoms with E-state index in [1.54, 1.807) is 37.4 Å². The molecule has 2 heterocycles. The molecule has 5 rings (SSSR count). The lowest BCUT2D eigenvalue weighted by atomic mass is 9.96. The predicted octanol–water partition coefficient (Wildman–Crippen LogP) is 5.77. The number of amidine groups is 1. The maximum absolute atomic E-state index is 15.4. The van der Waals surface area contributed by atoms with Gasteiger partial charge in [-0.15, -0.1) is 0 Å². The van der Waals surface area contributed by atoms with Gasteiger partial charge in [0.15, 0.2) is 8.38 Å². The molecular formula is C32H35F2N4O4P. The number of rotatable bonds is 10. The summed E-state index contributed by atoms with van der Waals surface area (Å²) < 4.78 is 40.5. The molecule has 2 N–H and O–H groups in total. The van der Waals surface area contributed by atoms with E-state index in [-0.39, 0.29) is 42.2 Å². The Morgan fingerprint density at radius 1 is 1.05 bits per heavy atom. The lowest BCUT2D eigenvalue weighted by Crippen LogP contribution is -2.44. The number of benzene rings is 2. The second kappa shape index (κ2) is 15.1. The van der Waals surface area contributed by atoms with E-state index in [1.807, 2.05) is 32.1 Å². The van der Waals surface area contributed by atoms with E-state index in [1.165, 1.54) is 18.2 Å². The van der Waals surface area contributed by atoms with Gasteiger partial charge in [-0.1, -0.05) is 50.3 Å². The zero-order chi connectivity index (χ0) is 30.9. The molecule has 3 aromatic rings. The molecule has 1 aromatic heterocycles. The molecular weight excluding hydrogens is 573 g/mol. The zero-order valence-corrected chi connectivity index (χ0v) is 25.2. The van der Waals surface area contributed by atoms with Crippen LogP contribution in [0.15, 0.2) is 71.7 Å². The monoisotopic (exact) mass is 608 g/mol. The summed E-state index contributed by atoms with van der Waals surface area (Å²) in [6.45, 7) is 4.96. The number of pyridine rings is 1. The highest BCUT2D eigenvalue weighted by atomic mass is 31.2. The van der Waals surface area contributed by atoms with Gasteiger partial charge in [-0.25, -0.2) is 13.8 Å². The summed E-state index contributed by atoms with van der Waals surface area (Å²) >= 11 is 0. The van der Waals surface area contributed by atoms with Crippen molar-refractivity contribution in [3.05, 3.63) is 95.1 Å². The minimum atomic E-state index is -2.09. The summed E-state index contributed by atoms with van der Waals surface area (Å²) in [5, 5.41) is 8.90. The first-order valence-electron chi connectivity index (χ1n) is 14.1. The van der Waals surface area contributed by atoms with E-state index in [2.05, 4.69) is 9.88 Å². The number of aliphatic imine (C=N–C) groups is 1. The normalized spacial score (nSPS) is 18.9. The van der Waals surface area contributed by atoms with Crippen LogP contribution in [0.1, 0.15) is 37.0 Å². The molecule has 43 heavy (non-hydrogen) atoms. The van der Waals surface area contributed by atoms with Crippen molar-refractivity contribution in [1.29, 1.82) is 5.26 Å². The van der Waals surface area contributed by atoms with E-state index >= 15 is 4.39 Å². The van der Waals surface area contributed by atoms with E-state index in [4.69, 9.17) is 19.7 Å². The van der Waals surface area contributed by atoms with Gasteiger partial charge < -0.3 is 24.2 Å². The molecule has 0 spiro atoms. The first-order chi connectivity index (χ1) is 20.9. The molecule has 3 atom stereocenters. The lowest BCUT2D eigenvalue weighted by Gasteiger charge is -2.34. The molecule has 8 nitrogen and oxygen atoms in total. The third-order valence-corrected chi connectivity index (χ3v) is 8.23. The van der Waals surface area contributed by atoms with Crippen LogP contribution in [0.25, 0.3) is 11.3 Å². The molecule has 11 heteroatoms. The Bertz CT molecular complexity index is 1510. The number of halogens is 2. The van der Waals surface area contributed by atoms with Crippen molar-refractivity contribution in [1.82, 2.24) is 9.88 Å². The third-order valence-electron chi connectivity index (χ3n) is 7.25. The second-order valence-electron chi connectivity index (χ2n) is 9.85. The zero-order valence-electron chi connectivity index (χ0n) is 24.3. The molecule has 0 bridgehead atoms. The van der Waals surface area contributed by atoms with Crippen LogP contribution in [0.4, 0.5) is 8.78 Å². The molecule has 1 aliphatic carbocycles. The van der Waals surface area contributed by atoms with Crippen LogP contribution in [0.5, 0.6) is 5.88 Å². The van der Waals surface area contributed by atoms with Crippen LogP contribution in [0.2, 0.25) is 0 Å². The number of ether oxygens (including phenoxy) is 2. The first kappa shape index (κ1) is 32.2. The third kappa shape index (κ3) is 7.81. The highest BCUT2D eigenvalue weighted by Crippen LogP contribution is 2.41. The van der Waals surface area contributed by atoms with Crippen molar-refractivity contribution >= 4 is 14.2 Å². The quantitative estimate of drug-likeness (QED) is 0.222. The summed E-state index contributed by atoms with van der Waals surface area (Å²) in [4.78, 5) is 30.9. The Morgan fingerprint density at radius 2 is 1.81 bits per heavy atom. The number of hydrogen-bond acceptors (Lipinski definition) is 8. The van der Waals surface area contributed by atoms with Crippen molar-refractivity contribution in [3.8, 4) is 23.2 Å². The van der Waals surface area contributed by atoms with Crippen LogP contribution in [-0.2, 0) is 17.8 Å². The fourth-order valence-electron chi connectivity index (χ4n) is 5.08. The van der Waals surface area contributed by atoms with Crippen LogP contribution >= 0.6 is 8.38 Å². The van der Waals surface area contributed by atoms with E-state index in [9.17, 15) is 14.2 Å². The Hall–Kier alpha value is -3.74. The summed E-state index contributed by atoms with van der Waals surface area (Å²) in [6, 6.07) is 15.9. The number of nitriles is 1. The number of aromatic nitrogens is 1. The Balaban J connectivity index is 0.00000207. The average Bonchev–Trinajstić information content (AvgIpc) is 3.37. The molecule has 2 aliphatic rings. The van der Waals surface area contributed by atoms with Crippen molar-refractivity contribution in [2.45, 2.75) is 51.0 Å². The smallest absolute Gasteiger partial charge is 0.214 e. The van der Waals surface area contributed by atoms with Gasteiger partial charge in [-0.2, -0.15) is 5.26 Å². The summed E-state index contributed by atoms with van der Waals surface area (Å²) in [5.74, 6) is 0.0562. The predicted molar refractivity (Wildman–Crippen MR) is 163 cm³/mol. The number of allylic oxidation sites excluding steroid dienone is 1. The molecule has 0 amide bonds. The molecule has 0 radical (unpaired) electrons. The van der Waals surface area contributed by atoms with Gasteiger partial charge in [0.25, 0.3) is 0 Å². The number of nitrogens with zero attached hydrogens (tertiary/aromatic N) is 4. The minimum absolute atomic E-state index is 0.0357. The lowest BCUT2D eigenvalue weighted by molar-refractivity contribution is 0.160. The van der Waals surface area contributed by atoms with Crippen LogP contribution in [-0.4, -0.2) is 63.5 Å². The average molecular weight is 609 g/mol. The summed E-state index contributed by atoms with van der Waals surface area (Å²) in [5.41, 5.74) is 1.73. The van der Waals surface area contributed by atoms with Crippen molar-refractivity contribution < 1.29 is 28.0 Å². The molecule has 0 fully saturated rings. The number of hydrogen-bond donors (Lipinski definition) is 2. The van der Waals surface area contributed by atoms with E-state index < -0.39 is 20.0 Å². The molecule has 2 aromatic carbocycles. The topological polar surface area (TPSA) is 111 Å². The number of methoxy groups -OCH3 is 1. The fourth-order valence-corrected chi connectivity index (χ4v) is 5.74. The Labute approximate surface area is 251 Å². The van der Waals surface area contributed by atoms with Gasteiger partial charge in [0.1, 0.15) is 24.1 Å². The van der Waals surface area contributed by atoms with Gasteiger partial charge in [0.2, 0.25) is 5.88 Å². The molecule has 1 aliphatic heterocycles. The molecule has 0 saturated carbocycles. The van der Waals surface area contributed by atoms with Crippen molar-refractivity contribution in [3.63, 3.8) is 0 Å². The molecule has 226 valence electrons. The van der Waals surface area contributed by atoms with Gasteiger partial charge in [0, 0.05) is 42.9 Å². The van der Waals surface area contributed by atoms with Crippen LogP contribution in [0, 0.1) is 23.0 Å². The standard InChI is InChI=1S/C30H29F2N4O4P.C2H6/c1-39-12-11-36-28-16-23(41(37)38)9-10-27(28)34-29(36)15-20-7-8-21(14-25(20)32)26-3-2-4-30(35-26)40-18-22-6-5-19(17-33)13-24(22)31;1-2/h2-10,13-14,23,27-28,37-38H,11-12,15-16,18H2,1H3;1-2H3. The maximum atomic E-state index is 15.4. The summed E-state index contributed by atoms with van der Waals surface area (Å²) in [6.07, 6.45) is 4.55. The minimum Gasteiger partial charge on any atom is -0.473 e. The van der Waals surface area contributed by atoms with E-state index in [0.29, 0.717) is 42.0 Å². The van der Waals surface area contributed by atoms with Crippen molar-refractivity contribution in [2.24, 2.45) is 4.99 Å². The van der Waals surface area contributed by atoms with Gasteiger partial charge in [0.05, 0.1) is 36.0 Å². The maximum Gasteiger partial charge on any atom is 0.214 e. The number of fused-ring (bicyclic) bond motifs is 1. The molecule has 3 unspecified atom stereocenters. The highest BCUT2D eigenvalue weighted by molar-refractivity contribution is 7.46. The highest BCUT2D eigenvalue weighted by Gasteiger charge is 2.39. The Morgan fingerprint density at radius 3 is 2.51 bits per heavy atom. The Kier molecular flexibility index (Phi) is 11.3. The first-order valence-corrected chi connectivity index (χ1v) is 15.4. The fraction of sp³-hybridized carbons (Fsp3) is 0.344. The SMILES string of the molecule is CC.COCCN1C(Cc2ccc(-c3cccc(OCc4ccc(C#N)cc4F)n3)cc2F)=NC2C=CC(P(O)O)CC21. The van der Waals surface area contributed by atoms with E-state index in [0.717, 1.165) is 11.9 Å².